The minimum absolute atomic E-state index is 0.498. The van der Waals surface area contributed by atoms with Gasteiger partial charge in [-0.2, -0.15) is 0 Å². The molecule has 1 heteroatoms. The average molecular weight is 253 g/mol. The minimum Gasteiger partial charge on any atom is -0.319 e. The first kappa shape index (κ1) is 16.0. The van der Waals surface area contributed by atoms with Gasteiger partial charge in [-0.05, 0) is 68.4 Å². The molecule has 1 nitrogen and oxygen atoms in total. The highest BCUT2D eigenvalue weighted by molar-refractivity contribution is 4.86. The van der Waals surface area contributed by atoms with Crippen LogP contribution in [0.3, 0.4) is 0 Å². The highest BCUT2D eigenvalue weighted by Crippen LogP contribution is 2.44. The van der Waals surface area contributed by atoms with Gasteiger partial charge in [0.2, 0.25) is 0 Å². The third-order valence-electron chi connectivity index (χ3n) is 5.23. The number of nitrogens with one attached hydrogen (secondary N) is 1. The second kappa shape index (κ2) is 6.93. The van der Waals surface area contributed by atoms with Gasteiger partial charge >= 0.3 is 0 Å². The summed E-state index contributed by atoms with van der Waals surface area (Å²) in [7, 11) is 2.11. The normalized spacial score (nSPS) is 31.3. The van der Waals surface area contributed by atoms with Crippen LogP contribution in [-0.2, 0) is 0 Å². The fourth-order valence-corrected chi connectivity index (χ4v) is 3.62. The van der Waals surface area contributed by atoms with Crippen LogP contribution >= 0.6 is 0 Å². The molecule has 4 atom stereocenters. The van der Waals surface area contributed by atoms with Gasteiger partial charge in [0.05, 0.1) is 0 Å². The molecule has 0 spiro atoms. The molecule has 1 fully saturated rings. The van der Waals surface area contributed by atoms with Gasteiger partial charge in [-0.3, -0.25) is 0 Å². The lowest BCUT2D eigenvalue weighted by molar-refractivity contribution is 0.0848. The molecule has 0 heterocycles. The predicted octanol–water partition coefficient (Wildman–Crippen LogP) is 4.72. The van der Waals surface area contributed by atoms with Crippen LogP contribution in [0, 0.1) is 29.1 Å². The summed E-state index contributed by atoms with van der Waals surface area (Å²) >= 11 is 0. The maximum Gasteiger partial charge on any atom is -0.00209 e. The molecule has 1 aliphatic rings. The first-order valence-corrected chi connectivity index (χ1v) is 8.03. The van der Waals surface area contributed by atoms with Crippen LogP contribution in [0.1, 0.15) is 66.7 Å². The van der Waals surface area contributed by atoms with Crippen LogP contribution in [0.2, 0.25) is 0 Å². The van der Waals surface area contributed by atoms with Crippen LogP contribution in [0.25, 0.3) is 0 Å². The fourth-order valence-electron chi connectivity index (χ4n) is 3.62. The Hall–Kier alpha value is -0.0400. The minimum atomic E-state index is 0.498. The topological polar surface area (TPSA) is 12.0 Å². The van der Waals surface area contributed by atoms with Crippen molar-refractivity contribution in [3.8, 4) is 0 Å². The van der Waals surface area contributed by atoms with E-state index in [0.29, 0.717) is 5.41 Å². The molecule has 0 bridgehead atoms. The van der Waals surface area contributed by atoms with E-state index in [0.717, 1.165) is 23.7 Å². The predicted molar refractivity (Wildman–Crippen MR) is 81.8 cm³/mol. The molecular weight excluding hydrogens is 218 g/mol. The SMILES string of the molecule is CCC(C)CC1CC(C(C)(C)C)CCC1CNC. The molecule has 0 aromatic heterocycles. The molecule has 0 radical (unpaired) electrons. The van der Waals surface area contributed by atoms with Crippen molar-refractivity contribution < 1.29 is 0 Å². The molecule has 0 aliphatic heterocycles. The Bertz CT molecular complexity index is 228. The van der Waals surface area contributed by atoms with Crippen molar-refractivity contribution in [2.45, 2.75) is 66.7 Å². The van der Waals surface area contributed by atoms with Crippen molar-refractivity contribution in [1.29, 1.82) is 0 Å². The molecule has 0 aromatic rings. The summed E-state index contributed by atoms with van der Waals surface area (Å²) < 4.78 is 0. The zero-order chi connectivity index (χ0) is 13.8. The number of hydrogen-bond donors (Lipinski definition) is 1. The Morgan fingerprint density at radius 1 is 1.17 bits per heavy atom. The largest absolute Gasteiger partial charge is 0.319 e. The van der Waals surface area contributed by atoms with E-state index in [1.165, 1.54) is 38.6 Å². The lowest BCUT2D eigenvalue weighted by Crippen LogP contribution is -2.36. The summed E-state index contributed by atoms with van der Waals surface area (Å²) in [6, 6.07) is 0. The molecule has 4 unspecified atom stereocenters. The Morgan fingerprint density at radius 3 is 2.33 bits per heavy atom. The second-order valence-corrected chi connectivity index (χ2v) is 7.70. The summed E-state index contributed by atoms with van der Waals surface area (Å²) in [6.07, 6.45) is 7.11. The Morgan fingerprint density at radius 2 is 1.83 bits per heavy atom. The van der Waals surface area contributed by atoms with Crippen molar-refractivity contribution in [2.24, 2.45) is 29.1 Å². The van der Waals surface area contributed by atoms with Gasteiger partial charge in [0.25, 0.3) is 0 Å². The monoisotopic (exact) mass is 253 g/mol. The third kappa shape index (κ3) is 4.57. The van der Waals surface area contributed by atoms with Crippen LogP contribution in [0.4, 0.5) is 0 Å². The van der Waals surface area contributed by atoms with E-state index in [9.17, 15) is 0 Å². The summed E-state index contributed by atoms with van der Waals surface area (Å²) in [6.45, 7) is 13.3. The average Bonchev–Trinajstić information content (AvgIpc) is 2.30. The third-order valence-corrected chi connectivity index (χ3v) is 5.23. The quantitative estimate of drug-likeness (QED) is 0.747. The molecule has 1 N–H and O–H groups in total. The standard InChI is InChI=1S/C17H35N/c1-7-13(2)10-15-11-16(17(3,4)5)9-8-14(15)12-18-6/h13-16,18H,7-12H2,1-6H3. The van der Waals surface area contributed by atoms with Gasteiger partial charge < -0.3 is 5.32 Å². The zero-order valence-electron chi connectivity index (χ0n) is 13.6. The van der Waals surface area contributed by atoms with Crippen molar-refractivity contribution in [1.82, 2.24) is 5.32 Å². The van der Waals surface area contributed by atoms with Crippen LogP contribution in [0.15, 0.2) is 0 Å². The van der Waals surface area contributed by atoms with Gasteiger partial charge in [-0.25, -0.2) is 0 Å². The second-order valence-electron chi connectivity index (χ2n) is 7.70. The maximum absolute atomic E-state index is 3.41. The van der Waals surface area contributed by atoms with E-state index in [4.69, 9.17) is 0 Å². The fraction of sp³-hybridized carbons (Fsp3) is 1.00. The van der Waals surface area contributed by atoms with Crippen molar-refractivity contribution in [2.75, 3.05) is 13.6 Å². The van der Waals surface area contributed by atoms with Gasteiger partial charge in [0.1, 0.15) is 0 Å². The molecule has 108 valence electrons. The Balaban J connectivity index is 2.64. The van der Waals surface area contributed by atoms with Crippen molar-refractivity contribution in [3.05, 3.63) is 0 Å². The van der Waals surface area contributed by atoms with E-state index in [-0.39, 0.29) is 0 Å². The molecule has 0 saturated heterocycles. The van der Waals surface area contributed by atoms with E-state index in [1.54, 1.807) is 0 Å². The Kier molecular flexibility index (Phi) is 6.17. The van der Waals surface area contributed by atoms with E-state index >= 15 is 0 Å². The highest BCUT2D eigenvalue weighted by Gasteiger charge is 2.35. The zero-order valence-corrected chi connectivity index (χ0v) is 13.6. The van der Waals surface area contributed by atoms with Crippen molar-refractivity contribution >= 4 is 0 Å². The van der Waals surface area contributed by atoms with Crippen LogP contribution in [0.5, 0.6) is 0 Å². The first-order valence-electron chi connectivity index (χ1n) is 8.03. The first-order chi connectivity index (χ1) is 8.38. The molecule has 18 heavy (non-hydrogen) atoms. The van der Waals surface area contributed by atoms with E-state index < -0.39 is 0 Å². The summed E-state index contributed by atoms with van der Waals surface area (Å²) in [5.41, 5.74) is 0.498. The molecule has 1 aliphatic carbocycles. The molecule has 1 rings (SSSR count). The maximum atomic E-state index is 3.41. The number of rotatable bonds is 5. The van der Waals surface area contributed by atoms with Crippen LogP contribution in [-0.4, -0.2) is 13.6 Å². The van der Waals surface area contributed by atoms with E-state index in [2.05, 4.69) is 47.0 Å². The molecule has 0 amide bonds. The van der Waals surface area contributed by atoms with Gasteiger partial charge in [0.15, 0.2) is 0 Å². The number of hydrogen-bond acceptors (Lipinski definition) is 1. The molecule has 1 saturated carbocycles. The summed E-state index contributed by atoms with van der Waals surface area (Å²) in [5.74, 6) is 3.70. The summed E-state index contributed by atoms with van der Waals surface area (Å²) in [4.78, 5) is 0. The van der Waals surface area contributed by atoms with Gasteiger partial charge in [-0.15, -0.1) is 0 Å². The lowest BCUT2D eigenvalue weighted by atomic mass is 9.64. The van der Waals surface area contributed by atoms with Crippen LogP contribution < -0.4 is 5.32 Å². The highest BCUT2D eigenvalue weighted by atomic mass is 14.8. The van der Waals surface area contributed by atoms with Crippen molar-refractivity contribution in [3.63, 3.8) is 0 Å². The van der Waals surface area contributed by atoms with Gasteiger partial charge in [0, 0.05) is 0 Å². The van der Waals surface area contributed by atoms with Gasteiger partial charge in [-0.1, -0.05) is 41.0 Å². The van der Waals surface area contributed by atoms with E-state index in [1.807, 2.05) is 0 Å². The summed E-state index contributed by atoms with van der Waals surface area (Å²) in [5, 5.41) is 3.41. The lowest BCUT2D eigenvalue weighted by Gasteiger charge is -2.42. The Labute approximate surface area is 115 Å². The smallest absolute Gasteiger partial charge is 0.00209 e. The molecular formula is C17H35N. The molecule has 0 aromatic carbocycles.